The van der Waals surface area contributed by atoms with Gasteiger partial charge in [-0.1, -0.05) is 6.07 Å². The van der Waals surface area contributed by atoms with Crippen molar-refractivity contribution >= 4 is 17.5 Å². The summed E-state index contributed by atoms with van der Waals surface area (Å²) in [5.41, 5.74) is 1.12. The minimum atomic E-state index is -0.142. The lowest BCUT2D eigenvalue weighted by atomic mass is 9.94. The second-order valence-corrected chi connectivity index (χ2v) is 6.52. The van der Waals surface area contributed by atoms with Gasteiger partial charge in [0.2, 0.25) is 11.8 Å². The molecule has 2 heterocycles. The van der Waals surface area contributed by atoms with Gasteiger partial charge in [-0.2, -0.15) is 0 Å². The molecule has 2 aliphatic heterocycles. The third-order valence-corrected chi connectivity index (χ3v) is 5.02. The number of rotatable bonds is 3. The van der Waals surface area contributed by atoms with Gasteiger partial charge in [0.25, 0.3) is 0 Å². The molecule has 0 N–H and O–H groups in total. The van der Waals surface area contributed by atoms with E-state index in [0.29, 0.717) is 26.1 Å². The number of likely N-dealkylation sites (tertiary alicyclic amines) is 1. The lowest BCUT2D eigenvalue weighted by molar-refractivity contribution is -0.144. The Kier molecular flexibility index (Phi) is 4.92. The van der Waals surface area contributed by atoms with Crippen LogP contribution in [0.5, 0.6) is 5.75 Å². The highest BCUT2D eigenvalue weighted by Crippen LogP contribution is 2.24. The van der Waals surface area contributed by atoms with E-state index in [2.05, 4.69) is 11.0 Å². The second kappa shape index (κ2) is 7.11. The Hall–Kier alpha value is -2.24. The van der Waals surface area contributed by atoms with E-state index in [0.717, 1.165) is 30.9 Å². The third-order valence-electron chi connectivity index (χ3n) is 5.02. The molecule has 3 rings (SSSR count). The van der Waals surface area contributed by atoms with E-state index in [1.54, 1.807) is 19.1 Å². The monoisotopic (exact) mass is 331 g/mol. The van der Waals surface area contributed by atoms with Crippen LogP contribution in [0.3, 0.4) is 0 Å². The molecule has 1 aromatic rings. The predicted octanol–water partition coefficient (Wildman–Crippen LogP) is 1.21. The molecule has 0 spiro atoms. The number of piperazine rings is 1. The molecule has 1 aromatic carbocycles. The van der Waals surface area contributed by atoms with E-state index in [9.17, 15) is 9.59 Å². The lowest BCUT2D eigenvalue weighted by Crippen LogP contribution is -2.52. The summed E-state index contributed by atoms with van der Waals surface area (Å²) in [4.78, 5) is 30.4. The van der Waals surface area contributed by atoms with Crippen molar-refractivity contribution in [1.82, 2.24) is 9.80 Å². The van der Waals surface area contributed by atoms with Crippen LogP contribution in [0.1, 0.15) is 12.8 Å². The van der Waals surface area contributed by atoms with Gasteiger partial charge in [-0.25, -0.2) is 0 Å². The Labute approximate surface area is 143 Å². The van der Waals surface area contributed by atoms with Gasteiger partial charge in [0.15, 0.2) is 0 Å². The number of benzene rings is 1. The average molecular weight is 331 g/mol. The first-order chi connectivity index (χ1) is 11.6. The molecule has 130 valence electrons. The minimum absolute atomic E-state index is 0.0783. The van der Waals surface area contributed by atoms with Crippen LogP contribution in [0.2, 0.25) is 0 Å². The number of amides is 2. The van der Waals surface area contributed by atoms with Crippen LogP contribution in [-0.4, -0.2) is 68.5 Å². The Morgan fingerprint density at radius 1 is 1.17 bits per heavy atom. The standard InChI is InChI=1S/C18H25N3O3/c1-19-7-6-14(12-17(19)22)18(23)21-10-8-20(9-11-21)15-4-3-5-16(13-15)24-2/h3-5,13-14H,6-12H2,1-2H3. The van der Waals surface area contributed by atoms with Gasteiger partial charge < -0.3 is 19.4 Å². The molecule has 2 amide bonds. The zero-order valence-corrected chi connectivity index (χ0v) is 14.4. The molecule has 2 fully saturated rings. The van der Waals surface area contributed by atoms with Crippen LogP contribution in [0, 0.1) is 5.92 Å². The van der Waals surface area contributed by atoms with Crippen molar-refractivity contribution in [2.24, 2.45) is 5.92 Å². The van der Waals surface area contributed by atoms with Crippen molar-refractivity contribution in [3.05, 3.63) is 24.3 Å². The summed E-state index contributed by atoms with van der Waals surface area (Å²) in [6.45, 7) is 3.70. The van der Waals surface area contributed by atoms with Crippen LogP contribution in [0.4, 0.5) is 5.69 Å². The summed E-state index contributed by atoms with van der Waals surface area (Å²) in [6.07, 6.45) is 1.13. The average Bonchev–Trinajstić information content (AvgIpc) is 2.63. The predicted molar refractivity (Wildman–Crippen MR) is 92.1 cm³/mol. The fourth-order valence-electron chi connectivity index (χ4n) is 3.40. The fourth-order valence-corrected chi connectivity index (χ4v) is 3.40. The molecule has 0 radical (unpaired) electrons. The van der Waals surface area contributed by atoms with Gasteiger partial charge in [0, 0.05) is 63.9 Å². The van der Waals surface area contributed by atoms with Crippen molar-refractivity contribution in [2.45, 2.75) is 12.8 Å². The Balaban J connectivity index is 1.56. The van der Waals surface area contributed by atoms with Gasteiger partial charge >= 0.3 is 0 Å². The van der Waals surface area contributed by atoms with Crippen molar-refractivity contribution in [1.29, 1.82) is 0 Å². The molecule has 1 unspecified atom stereocenters. The molecular weight excluding hydrogens is 306 g/mol. The second-order valence-electron chi connectivity index (χ2n) is 6.52. The summed E-state index contributed by atoms with van der Waals surface area (Å²) in [6, 6.07) is 8.00. The number of piperidine rings is 1. The number of nitrogens with zero attached hydrogens (tertiary/aromatic N) is 3. The lowest BCUT2D eigenvalue weighted by Gasteiger charge is -2.38. The number of methoxy groups -OCH3 is 1. The Bertz CT molecular complexity index is 611. The van der Waals surface area contributed by atoms with Crippen LogP contribution in [0.15, 0.2) is 24.3 Å². The molecule has 24 heavy (non-hydrogen) atoms. The van der Waals surface area contributed by atoms with Crippen LogP contribution < -0.4 is 9.64 Å². The molecule has 0 saturated carbocycles. The molecule has 0 bridgehead atoms. The maximum absolute atomic E-state index is 12.7. The zero-order chi connectivity index (χ0) is 17.1. The van der Waals surface area contributed by atoms with Crippen molar-refractivity contribution in [3.63, 3.8) is 0 Å². The van der Waals surface area contributed by atoms with Gasteiger partial charge in [0.05, 0.1) is 7.11 Å². The van der Waals surface area contributed by atoms with E-state index in [-0.39, 0.29) is 17.7 Å². The minimum Gasteiger partial charge on any atom is -0.497 e. The number of ether oxygens (including phenoxy) is 1. The summed E-state index contributed by atoms with van der Waals surface area (Å²) >= 11 is 0. The number of carbonyl (C=O) groups excluding carboxylic acids is 2. The van der Waals surface area contributed by atoms with Crippen molar-refractivity contribution in [3.8, 4) is 5.75 Å². The first-order valence-corrected chi connectivity index (χ1v) is 8.50. The first-order valence-electron chi connectivity index (χ1n) is 8.50. The zero-order valence-electron chi connectivity index (χ0n) is 14.4. The first kappa shape index (κ1) is 16.6. The highest BCUT2D eigenvalue weighted by Gasteiger charge is 2.32. The molecular formula is C18H25N3O3. The Morgan fingerprint density at radius 2 is 1.92 bits per heavy atom. The molecule has 6 nitrogen and oxygen atoms in total. The van der Waals surface area contributed by atoms with E-state index >= 15 is 0 Å². The number of carbonyl (C=O) groups is 2. The number of hydrogen-bond acceptors (Lipinski definition) is 4. The normalized spacial score (nSPS) is 21.8. The van der Waals surface area contributed by atoms with Crippen molar-refractivity contribution in [2.75, 3.05) is 51.8 Å². The maximum atomic E-state index is 12.7. The topological polar surface area (TPSA) is 53.1 Å². The Morgan fingerprint density at radius 3 is 2.58 bits per heavy atom. The van der Waals surface area contributed by atoms with E-state index in [4.69, 9.17) is 4.74 Å². The van der Waals surface area contributed by atoms with Gasteiger partial charge in [-0.05, 0) is 18.6 Å². The highest BCUT2D eigenvalue weighted by atomic mass is 16.5. The molecule has 0 aliphatic carbocycles. The van der Waals surface area contributed by atoms with Crippen LogP contribution >= 0.6 is 0 Å². The molecule has 2 aliphatic rings. The number of anilines is 1. The van der Waals surface area contributed by atoms with Crippen LogP contribution in [-0.2, 0) is 9.59 Å². The van der Waals surface area contributed by atoms with Gasteiger partial charge in [-0.3, -0.25) is 9.59 Å². The van der Waals surface area contributed by atoms with E-state index in [1.165, 1.54) is 0 Å². The summed E-state index contributed by atoms with van der Waals surface area (Å²) in [7, 11) is 3.47. The third kappa shape index (κ3) is 3.47. The summed E-state index contributed by atoms with van der Waals surface area (Å²) in [5.74, 6) is 0.921. The van der Waals surface area contributed by atoms with Gasteiger partial charge in [0.1, 0.15) is 5.75 Å². The van der Waals surface area contributed by atoms with E-state index < -0.39 is 0 Å². The summed E-state index contributed by atoms with van der Waals surface area (Å²) < 4.78 is 5.28. The summed E-state index contributed by atoms with van der Waals surface area (Å²) in [5, 5.41) is 0. The largest absolute Gasteiger partial charge is 0.497 e. The quantitative estimate of drug-likeness (QED) is 0.835. The highest BCUT2D eigenvalue weighted by molar-refractivity contribution is 5.87. The SMILES string of the molecule is COc1cccc(N2CCN(C(=O)C3CCN(C)C(=O)C3)CC2)c1. The smallest absolute Gasteiger partial charge is 0.226 e. The van der Waals surface area contributed by atoms with E-state index in [1.807, 2.05) is 23.1 Å². The van der Waals surface area contributed by atoms with Crippen LogP contribution in [0.25, 0.3) is 0 Å². The molecule has 1 atom stereocenters. The molecule has 0 aromatic heterocycles. The maximum Gasteiger partial charge on any atom is 0.226 e. The fraction of sp³-hybridized carbons (Fsp3) is 0.556. The van der Waals surface area contributed by atoms with Gasteiger partial charge in [-0.15, -0.1) is 0 Å². The molecule has 2 saturated heterocycles. The van der Waals surface area contributed by atoms with Crippen molar-refractivity contribution < 1.29 is 14.3 Å². The molecule has 6 heteroatoms. The number of hydrogen-bond donors (Lipinski definition) is 0.